The second-order valence-electron chi connectivity index (χ2n) is 5.99. The second kappa shape index (κ2) is 5.40. The lowest BCUT2D eigenvalue weighted by molar-refractivity contribution is -0.165. The zero-order chi connectivity index (χ0) is 15.0. The van der Waals surface area contributed by atoms with Gasteiger partial charge in [0.25, 0.3) is 0 Å². The molecule has 0 aliphatic carbocycles. The minimum Gasteiger partial charge on any atom is -0.459 e. The molecule has 1 aromatic rings. The summed E-state index contributed by atoms with van der Waals surface area (Å²) in [6, 6.07) is 9.31. The van der Waals surface area contributed by atoms with Gasteiger partial charge in [-0.3, -0.25) is 4.79 Å². The number of ether oxygens (including phenoxy) is 3. The Morgan fingerprint density at radius 2 is 1.95 bits per heavy atom. The molecule has 1 N–H and O–H groups in total. The largest absolute Gasteiger partial charge is 0.459 e. The van der Waals surface area contributed by atoms with Crippen molar-refractivity contribution in [2.24, 2.45) is 0 Å². The van der Waals surface area contributed by atoms with Crippen LogP contribution < -0.4 is 0 Å². The van der Waals surface area contributed by atoms with Gasteiger partial charge in [0.1, 0.15) is 24.4 Å². The van der Waals surface area contributed by atoms with E-state index >= 15 is 0 Å². The van der Waals surface area contributed by atoms with Gasteiger partial charge in [-0.1, -0.05) is 30.3 Å². The normalized spacial score (nSPS) is 32.9. The van der Waals surface area contributed by atoms with Crippen LogP contribution in [-0.4, -0.2) is 35.2 Å². The highest BCUT2D eigenvalue weighted by atomic mass is 16.8. The van der Waals surface area contributed by atoms with E-state index in [2.05, 4.69) is 0 Å². The van der Waals surface area contributed by atoms with Crippen LogP contribution in [0.1, 0.15) is 38.4 Å². The van der Waals surface area contributed by atoms with Crippen LogP contribution in [0.2, 0.25) is 0 Å². The lowest BCUT2D eigenvalue weighted by atomic mass is 9.96. The predicted molar refractivity (Wildman–Crippen MR) is 74.3 cm³/mol. The average molecular weight is 292 g/mol. The van der Waals surface area contributed by atoms with E-state index in [9.17, 15) is 9.90 Å². The number of carbonyl (C=O) groups excluding carboxylic acids is 1. The molecular formula is C16H20O5. The third-order valence-electron chi connectivity index (χ3n) is 3.90. The third kappa shape index (κ3) is 2.95. The first kappa shape index (κ1) is 14.5. The molecule has 4 atom stereocenters. The Labute approximate surface area is 123 Å². The molecule has 0 spiro atoms. The van der Waals surface area contributed by atoms with Gasteiger partial charge in [-0.25, -0.2) is 0 Å². The summed E-state index contributed by atoms with van der Waals surface area (Å²) in [5.41, 5.74) is 0.762. The fraction of sp³-hybridized carbons (Fsp3) is 0.562. The summed E-state index contributed by atoms with van der Waals surface area (Å²) >= 11 is 0. The maximum absolute atomic E-state index is 11.3. The molecule has 21 heavy (non-hydrogen) atoms. The number of esters is 1. The van der Waals surface area contributed by atoms with Gasteiger partial charge in [-0.2, -0.15) is 0 Å². The van der Waals surface area contributed by atoms with Crippen molar-refractivity contribution in [3.8, 4) is 0 Å². The topological polar surface area (TPSA) is 65.0 Å². The van der Waals surface area contributed by atoms with Crippen molar-refractivity contribution in [3.63, 3.8) is 0 Å². The van der Waals surface area contributed by atoms with Gasteiger partial charge < -0.3 is 19.3 Å². The number of rotatable bonds is 3. The Balaban J connectivity index is 1.82. The lowest BCUT2D eigenvalue weighted by Crippen LogP contribution is -2.38. The van der Waals surface area contributed by atoms with E-state index in [-0.39, 0.29) is 12.1 Å². The highest BCUT2D eigenvalue weighted by molar-refractivity contribution is 5.71. The number of aliphatic hydroxyl groups is 1. The number of hydrogen-bond acceptors (Lipinski definition) is 5. The first-order valence-electron chi connectivity index (χ1n) is 7.24. The molecular weight excluding hydrogens is 272 g/mol. The third-order valence-corrected chi connectivity index (χ3v) is 3.90. The predicted octanol–water partition coefficient (Wildman–Crippen LogP) is 1.95. The number of aliphatic hydroxyl groups excluding tert-OH is 1. The molecule has 114 valence electrons. The minimum absolute atomic E-state index is 0.221. The standard InChI is InChI=1S/C16H20O5/c1-16(2)20-14(11-8-9-12(17)19-11)15(21-16)13(18)10-6-4-3-5-7-10/h3-7,11,13-15,18H,8-9H2,1-2H3/t11-,13-,14+,15+/m0/s1. The van der Waals surface area contributed by atoms with Crippen LogP contribution in [0.4, 0.5) is 0 Å². The average Bonchev–Trinajstić information content (AvgIpc) is 3.02. The van der Waals surface area contributed by atoms with Crippen LogP contribution in [0.5, 0.6) is 0 Å². The van der Waals surface area contributed by atoms with E-state index < -0.39 is 24.1 Å². The van der Waals surface area contributed by atoms with Gasteiger partial charge in [0.15, 0.2) is 5.79 Å². The van der Waals surface area contributed by atoms with Gasteiger partial charge in [0.05, 0.1) is 0 Å². The van der Waals surface area contributed by atoms with E-state index in [4.69, 9.17) is 14.2 Å². The van der Waals surface area contributed by atoms with Crippen LogP contribution in [0, 0.1) is 0 Å². The van der Waals surface area contributed by atoms with Crippen molar-refractivity contribution >= 4 is 5.97 Å². The minimum atomic E-state index is -0.822. The van der Waals surface area contributed by atoms with Gasteiger partial charge in [-0.05, 0) is 25.8 Å². The molecule has 0 unspecified atom stereocenters. The highest BCUT2D eigenvalue weighted by Gasteiger charge is 2.50. The summed E-state index contributed by atoms with van der Waals surface area (Å²) in [6.07, 6.45) is -1.21. The molecule has 0 saturated carbocycles. The molecule has 0 amide bonds. The summed E-state index contributed by atoms with van der Waals surface area (Å²) in [7, 11) is 0. The van der Waals surface area contributed by atoms with Gasteiger partial charge in [0, 0.05) is 6.42 Å². The fourth-order valence-corrected chi connectivity index (χ4v) is 2.97. The molecule has 5 nitrogen and oxygen atoms in total. The summed E-state index contributed by atoms with van der Waals surface area (Å²) < 4.78 is 17.0. The molecule has 2 saturated heterocycles. The monoisotopic (exact) mass is 292 g/mol. The summed E-state index contributed by atoms with van der Waals surface area (Å²) in [5, 5.41) is 10.6. The Hall–Kier alpha value is -1.43. The van der Waals surface area contributed by atoms with Crippen molar-refractivity contribution < 1.29 is 24.1 Å². The summed E-state index contributed by atoms with van der Waals surface area (Å²) in [6.45, 7) is 3.60. The molecule has 3 rings (SSSR count). The Kier molecular flexibility index (Phi) is 3.73. The van der Waals surface area contributed by atoms with Crippen molar-refractivity contribution in [2.75, 3.05) is 0 Å². The molecule has 2 aliphatic heterocycles. The quantitative estimate of drug-likeness (QED) is 0.863. The highest BCUT2D eigenvalue weighted by Crippen LogP contribution is 2.39. The zero-order valence-electron chi connectivity index (χ0n) is 12.2. The van der Waals surface area contributed by atoms with Crippen LogP contribution in [0.3, 0.4) is 0 Å². The summed E-state index contributed by atoms with van der Waals surface area (Å²) in [5.74, 6) is -1.03. The Morgan fingerprint density at radius 1 is 1.24 bits per heavy atom. The number of hydrogen-bond donors (Lipinski definition) is 1. The molecule has 0 aromatic heterocycles. The van der Waals surface area contributed by atoms with Crippen molar-refractivity contribution in [2.45, 2.75) is 56.9 Å². The maximum atomic E-state index is 11.3. The Morgan fingerprint density at radius 3 is 2.57 bits per heavy atom. The van der Waals surface area contributed by atoms with Crippen molar-refractivity contribution in [1.29, 1.82) is 0 Å². The second-order valence-corrected chi connectivity index (χ2v) is 5.99. The summed E-state index contributed by atoms with van der Waals surface area (Å²) in [4.78, 5) is 11.3. The number of cyclic esters (lactones) is 1. The fourth-order valence-electron chi connectivity index (χ4n) is 2.97. The van der Waals surface area contributed by atoms with Crippen LogP contribution in [0.25, 0.3) is 0 Å². The molecule has 5 heteroatoms. The molecule has 1 aromatic carbocycles. The maximum Gasteiger partial charge on any atom is 0.306 e. The molecule has 0 bridgehead atoms. The van der Waals surface area contributed by atoms with E-state index in [1.54, 1.807) is 13.8 Å². The molecule has 2 aliphatic rings. The van der Waals surface area contributed by atoms with E-state index in [0.717, 1.165) is 5.56 Å². The van der Waals surface area contributed by atoms with Gasteiger partial charge in [0.2, 0.25) is 0 Å². The van der Waals surface area contributed by atoms with Crippen molar-refractivity contribution in [1.82, 2.24) is 0 Å². The number of carbonyl (C=O) groups is 1. The van der Waals surface area contributed by atoms with Crippen LogP contribution in [0.15, 0.2) is 30.3 Å². The first-order valence-corrected chi connectivity index (χ1v) is 7.24. The first-order chi connectivity index (χ1) is 9.96. The molecule has 0 radical (unpaired) electrons. The van der Waals surface area contributed by atoms with Gasteiger partial charge >= 0.3 is 5.97 Å². The van der Waals surface area contributed by atoms with E-state index in [0.29, 0.717) is 12.8 Å². The van der Waals surface area contributed by atoms with E-state index in [1.165, 1.54) is 0 Å². The van der Waals surface area contributed by atoms with Crippen LogP contribution in [-0.2, 0) is 19.0 Å². The number of benzene rings is 1. The molecule has 2 fully saturated rings. The smallest absolute Gasteiger partial charge is 0.306 e. The van der Waals surface area contributed by atoms with E-state index in [1.807, 2.05) is 30.3 Å². The molecule has 2 heterocycles. The Bertz CT molecular complexity index is 513. The lowest BCUT2D eigenvalue weighted by Gasteiger charge is -2.25. The van der Waals surface area contributed by atoms with Crippen molar-refractivity contribution in [3.05, 3.63) is 35.9 Å². The zero-order valence-corrected chi connectivity index (χ0v) is 12.2. The van der Waals surface area contributed by atoms with Crippen LogP contribution >= 0.6 is 0 Å². The van der Waals surface area contributed by atoms with Gasteiger partial charge in [-0.15, -0.1) is 0 Å². The SMILES string of the molecule is CC1(C)O[C@H]([C@@H]2CCC(=O)O2)[C@@H]([C@@H](O)c2ccccc2)O1.